The van der Waals surface area contributed by atoms with E-state index in [9.17, 15) is 14.3 Å². The maximum atomic E-state index is 14.9. The van der Waals surface area contributed by atoms with Crippen molar-refractivity contribution in [3.05, 3.63) is 83.4 Å². The Hall–Kier alpha value is -2.29. The molecule has 0 aliphatic carbocycles. The van der Waals surface area contributed by atoms with Gasteiger partial charge < -0.3 is 10.0 Å². The minimum absolute atomic E-state index is 0.259. The summed E-state index contributed by atoms with van der Waals surface area (Å²) in [6, 6.07) is 13.1. The number of Topliss-reactive ketones (excluding diaryl/α,β-unsaturated/α-hetero) is 1. The largest absolute Gasteiger partial charge is 0.380 e. The molecule has 1 aromatic heterocycles. The Labute approximate surface area is 199 Å². The number of aliphatic hydroxyl groups is 1. The minimum atomic E-state index is -1.39. The van der Waals surface area contributed by atoms with E-state index in [1.165, 1.54) is 6.07 Å². The van der Waals surface area contributed by atoms with Crippen LogP contribution in [-0.4, -0.2) is 39.2 Å². The fraction of sp³-hybridized carbons (Fsp3) is 0.292. The van der Waals surface area contributed by atoms with Crippen molar-refractivity contribution in [1.29, 1.82) is 0 Å². The third-order valence-electron chi connectivity index (χ3n) is 5.48. The predicted octanol–water partition coefficient (Wildman–Crippen LogP) is 5.19. The topological polar surface area (TPSA) is 66.3 Å². The molecule has 5 nitrogen and oxygen atoms in total. The van der Waals surface area contributed by atoms with Crippen molar-refractivity contribution in [2.24, 2.45) is 0 Å². The van der Waals surface area contributed by atoms with Gasteiger partial charge in [-0.3, -0.25) is 4.79 Å². The fourth-order valence-corrected chi connectivity index (χ4v) is 4.96. The Morgan fingerprint density at radius 1 is 1.16 bits per heavy atom. The Kier molecular flexibility index (Phi) is 7.55. The van der Waals surface area contributed by atoms with Crippen molar-refractivity contribution in [3.63, 3.8) is 0 Å². The van der Waals surface area contributed by atoms with Gasteiger partial charge in [-0.25, -0.2) is 14.4 Å². The SMILES string of the molecule is O=C(c1ccccc1)C(O)c1ccc(N2CCC(Sc3ncc(CBr)cn3)CC2)c(F)c1. The summed E-state index contributed by atoms with van der Waals surface area (Å²) in [6.45, 7) is 1.44. The third-order valence-corrected chi connectivity index (χ3v) is 7.36. The highest BCUT2D eigenvalue weighted by Crippen LogP contribution is 2.32. The molecule has 1 atom stereocenters. The zero-order valence-corrected chi connectivity index (χ0v) is 19.7. The maximum absolute atomic E-state index is 14.9. The number of alkyl halides is 1. The van der Waals surface area contributed by atoms with Crippen LogP contribution in [0.15, 0.2) is 66.1 Å². The lowest BCUT2D eigenvalue weighted by atomic mass is 9.99. The van der Waals surface area contributed by atoms with Gasteiger partial charge in [-0.1, -0.05) is 64.1 Å². The monoisotopic (exact) mass is 515 g/mol. The fourth-order valence-electron chi connectivity index (χ4n) is 3.70. The first-order valence-corrected chi connectivity index (χ1v) is 12.4. The highest BCUT2D eigenvalue weighted by Gasteiger charge is 2.25. The molecule has 1 N–H and O–H groups in total. The number of nitrogens with zero attached hydrogens (tertiary/aromatic N) is 3. The predicted molar refractivity (Wildman–Crippen MR) is 128 cm³/mol. The Morgan fingerprint density at radius 2 is 1.84 bits per heavy atom. The van der Waals surface area contributed by atoms with Crippen LogP contribution in [0.1, 0.15) is 40.4 Å². The second-order valence-electron chi connectivity index (χ2n) is 7.66. The Morgan fingerprint density at radius 3 is 2.47 bits per heavy atom. The summed E-state index contributed by atoms with van der Waals surface area (Å²) < 4.78 is 14.9. The van der Waals surface area contributed by atoms with E-state index < -0.39 is 17.7 Å². The molecule has 2 aromatic carbocycles. The third kappa shape index (κ3) is 5.36. The van der Waals surface area contributed by atoms with Crippen LogP contribution in [-0.2, 0) is 5.33 Å². The van der Waals surface area contributed by atoms with Crippen LogP contribution in [0.3, 0.4) is 0 Å². The molecule has 0 spiro atoms. The minimum Gasteiger partial charge on any atom is -0.380 e. The van der Waals surface area contributed by atoms with Gasteiger partial charge in [0.25, 0.3) is 0 Å². The highest BCUT2D eigenvalue weighted by atomic mass is 79.9. The number of halogens is 2. The number of hydrogen-bond acceptors (Lipinski definition) is 6. The zero-order valence-electron chi connectivity index (χ0n) is 17.3. The number of thioether (sulfide) groups is 1. The van der Waals surface area contributed by atoms with Gasteiger partial charge in [0.2, 0.25) is 0 Å². The molecule has 4 rings (SSSR count). The molecular weight excluding hydrogens is 493 g/mol. The molecule has 166 valence electrons. The molecule has 2 heterocycles. The number of piperidine rings is 1. The quantitative estimate of drug-likeness (QED) is 0.265. The van der Waals surface area contributed by atoms with Crippen LogP contribution in [0.4, 0.5) is 10.1 Å². The average molecular weight is 516 g/mol. The van der Waals surface area contributed by atoms with E-state index in [4.69, 9.17) is 0 Å². The second kappa shape index (κ2) is 10.6. The summed E-state index contributed by atoms with van der Waals surface area (Å²) in [7, 11) is 0. The number of ketones is 1. The first kappa shape index (κ1) is 22.9. The van der Waals surface area contributed by atoms with Gasteiger partial charge in [0.1, 0.15) is 11.9 Å². The van der Waals surface area contributed by atoms with Crippen molar-refractivity contribution in [2.75, 3.05) is 18.0 Å². The number of rotatable bonds is 7. The van der Waals surface area contributed by atoms with Gasteiger partial charge in [0.15, 0.2) is 10.9 Å². The molecule has 0 saturated carbocycles. The van der Waals surface area contributed by atoms with Gasteiger partial charge in [0.05, 0.1) is 5.69 Å². The zero-order chi connectivity index (χ0) is 22.5. The molecule has 1 saturated heterocycles. The Bertz CT molecular complexity index is 1060. The van der Waals surface area contributed by atoms with Crippen LogP contribution in [0.5, 0.6) is 0 Å². The van der Waals surface area contributed by atoms with Crippen LogP contribution < -0.4 is 4.90 Å². The van der Waals surface area contributed by atoms with E-state index in [2.05, 4.69) is 25.9 Å². The van der Waals surface area contributed by atoms with E-state index in [0.717, 1.165) is 42.0 Å². The Balaban J connectivity index is 1.37. The number of aromatic nitrogens is 2. The lowest BCUT2D eigenvalue weighted by Crippen LogP contribution is -2.35. The van der Waals surface area contributed by atoms with Crippen molar-refractivity contribution in [1.82, 2.24) is 9.97 Å². The number of carbonyl (C=O) groups is 1. The second-order valence-corrected chi connectivity index (χ2v) is 9.48. The van der Waals surface area contributed by atoms with Crippen LogP contribution >= 0.6 is 27.7 Å². The van der Waals surface area contributed by atoms with E-state index in [1.807, 2.05) is 17.3 Å². The summed E-state index contributed by atoms with van der Waals surface area (Å²) >= 11 is 5.06. The van der Waals surface area contributed by atoms with Crippen LogP contribution in [0.25, 0.3) is 0 Å². The molecule has 1 aliphatic heterocycles. The summed E-state index contributed by atoms with van der Waals surface area (Å²) in [5.74, 6) is -0.871. The molecule has 0 bridgehead atoms. The van der Waals surface area contributed by atoms with Crippen molar-refractivity contribution in [2.45, 2.75) is 34.7 Å². The molecule has 0 radical (unpaired) electrons. The van der Waals surface area contributed by atoms with Gasteiger partial charge in [-0.2, -0.15) is 0 Å². The van der Waals surface area contributed by atoms with E-state index >= 15 is 0 Å². The lowest BCUT2D eigenvalue weighted by Gasteiger charge is -2.33. The molecule has 8 heteroatoms. The van der Waals surface area contributed by atoms with Gasteiger partial charge >= 0.3 is 0 Å². The number of aliphatic hydroxyl groups excluding tert-OH is 1. The number of anilines is 1. The first-order valence-electron chi connectivity index (χ1n) is 10.4. The molecule has 32 heavy (non-hydrogen) atoms. The standard InChI is InChI=1S/C24H23BrFN3O2S/c25-13-16-14-27-24(28-15-16)32-19-8-10-29(11-9-19)21-7-6-18(12-20(21)26)23(31)22(30)17-4-2-1-3-5-17/h1-7,12,14-15,19,23,31H,8-11,13H2. The highest BCUT2D eigenvalue weighted by molar-refractivity contribution is 9.08. The summed E-state index contributed by atoms with van der Waals surface area (Å²) in [5, 5.41) is 12.3. The van der Waals surface area contributed by atoms with Crippen molar-refractivity contribution >= 4 is 39.2 Å². The molecule has 1 fully saturated rings. The van der Waals surface area contributed by atoms with E-state index in [0.29, 0.717) is 16.5 Å². The number of benzene rings is 2. The molecule has 0 amide bonds. The van der Waals surface area contributed by atoms with Gasteiger partial charge in [-0.15, -0.1) is 0 Å². The summed E-state index contributed by atoms with van der Waals surface area (Å²) in [5.41, 5.74) is 2.19. The lowest BCUT2D eigenvalue weighted by molar-refractivity contribution is 0.0747. The van der Waals surface area contributed by atoms with Crippen molar-refractivity contribution in [3.8, 4) is 0 Å². The molecular formula is C24H23BrFN3O2S. The molecule has 1 aliphatic rings. The first-order chi connectivity index (χ1) is 15.5. The summed E-state index contributed by atoms with van der Waals surface area (Å²) in [4.78, 5) is 23.3. The van der Waals surface area contributed by atoms with E-state index in [1.54, 1.807) is 54.2 Å². The van der Waals surface area contributed by atoms with Crippen molar-refractivity contribution < 1.29 is 14.3 Å². The normalized spacial score (nSPS) is 15.5. The van der Waals surface area contributed by atoms with Crippen LogP contribution in [0.2, 0.25) is 0 Å². The van der Waals surface area contributed by atoms with Crippen LogP contribution in [0, 0.1) is 5.82 Å². The summed E-state index contributed by atoms with van der Waals surface area (Å²) in [6.07, 6.45) is 4.05. The average Bonchev–Trinajstić information content (AvgIpc) is 2.84. The number of carbonyl (C=O) groups excluding carboxylic acids is 1. The smallest absolute Gasteiger partial charge is 0.195 e. The molecule has 3 aromatic rings. The van der Waals surface area contributed by atoms with Gasteiger partial charge in [0, 0.05) is 41.6 Å². The molecule has 1 unspecified atom stereocenters. The number of hydrogen-bond donors (Lipinski definition) is 1. The van der Waals surface area contributed by atoms with E-state index in [-0.39, 0.29) is 5.56 Å². The van der Waals surface area contributed by atoms with Gasteiger partial charge in [-0.05, 0) is 36.1 Å². The maximum Gasteiger partial charge on any atom is 0.195 e.